The summed E-state index contributed by atoms with van der Waals surface area (Å²) in [5.74, 6) is 0.275. The van der Waals surface area contributed by atoms with E-state index in [0.29, 0.717) is 22.1 Å². The minimum absolute atomic E-state index is 0.209. The second-order valence-electron chi connectivity index (χ2n) is 4.73. The summed E-state index contributed by atoms with van der Waals surface area (Å²) in [7, 11) is 0. The van der Waals surface area contributed by atoms with Gasteiger partial charge in [-0.25, -0.2) is 0 Å². The molecule has 0 unspecified atom stereocenters. The molecule has 0 aliphatic heterocycles. The van der Waals surface area contributed by atoms with E-state index in [9.17, 15) is 4.79 Å². The molecular formula is C15H12ClN5O. The van der Waals surface area contributed by atoms with Gasteiger partial charge in [0.2, 0.25) is 5.82 Å². The smallest absolute Gasteiger partial charge is 0.255 e. The topological polar surface area (TPSA) is 83.6 Å². The number of carbonyl (C=O) groups is 1. The van der Waals surface area contributed by atoms with Gasteiger partial charge in [-0.05, 0) is 42.0 Å². The average Bonchev–Trinajstić information content (AvgIpc) is 3.05. The first-order chi connectivity index (χ1) is 10.6. The molecular weight excluding hydrogens is 302 g/mol. The molecule has 0 aliphatic carbocycles. The van der Waals surface area contributed by atoms with E-state index in [1.54, 1.807) is 30.3 Å². The van der Waals surface area contributed by atoms with Crippen LogP contribution in [0.2, 0.25) is 5.02 Å². The summed E-state index contributed by atoms with van der Waals surface area (Å²) in [5.41, 5.74) is 2.93. The summed E-state index contributed by atoms with van der Waals surface area (Å²) in [6.07, 6.45) is 0. The fourth-order valence-corrected chi connectivity index (χ4v) is 2.11. The third kappa shape index (κ3) is 2.96. The Balaban J connectivity index is 1.76. The van der Waals surface area contributed by atoms with E-state index in [0.717, 1.165) is 11.1 Å². The Morgan fingerprint density at radius 3 is 2.59 bits per heavy atom. The molecule has 0 spiro atoms. The number of rotatable bonds is 3. The molecule has 6 nitrogen and oxygen atoms in total. The lowest BCUT2D eigenvalue weighted by Crippen LogP contribution is -2.11. The quantitative estimate of drug-likeness (QED) is 0.778. The zero-order valence-electron chi connectivity index (χ0n) is 11.7. The molecule has 1 aromatic heterocycles. The summed E-state index contributed by atoms with van der Waals surface area (Å²) >= 11 is 6.05. The standard InChI is InChI=1S/C15H12ClN5O/c1-9-2-7-12(8-13(9)16)17-15(22)11-5-3-10(4-6-11)14-18-20-21-19-14/h2-8H,1H3,(H,17,22)(H,18,19,20,21). The molecule has 110 valence electrons. The fourth-order valence-electron chi connectivity index (χ4n) is 1.93. The Morgan fingerprint density at radius 1 is 1.18 bits per heavy atom. The van der Waals surface area contributed by atoms with Crippen molar-refractivity contribution in [1.82, 2.24) is 20.6 Å². The summed E-state index contributed by atoms with van der Waals surface area (Å²) in [6.45, 7) is 1.91. The molecule has 0 saturated carbocycles. The lowest BCUT2D eigenvalue weighted by Gasteiger charge is -2.07. The number of aromatic amines is 1. The van der Waals surface area contributed by atoms with Gasteiger partial charge in [-0.2, -0.15) is 5.21 Å². The maximum Gasteiger partial charge on any atom is 0.255 e. The number of hydrogen-bond acceptors (Lipinski definition) is 4. The number of amides is 1. The van der Waals surface area contributed by atoms with Gasteiger partial charge in [0.1, 0.15) is 0 Å². The van der Waals surface area contributed by atoms with Crippen LogP contribution in [0.5, 0.6) is 0 Å². The van der Waals surface area contributed by atoms with Crippen LogP contribution >= 0.6 is 11.6 Å². The number of H-pyrrole nitrogens is 1. The van der Waals surface area contributed by atoms with E-state index in [4.69, 9.17) is 11.6 Å². The average molecular weight is 314 g/mol. The van der Waals surface area contributed by atoms with Gasteiger partial charge in [-0.15, -0.1) is 10.2 Å². The van der Waals surface area contributed by atoms with E-state index in [1.165, 1.54) is 0 Å². The van der Waals surface area contributed by atoms with Crippen LogP contribution in [0, 0.1) is 6.92 Å². The van der Waals surface area contributed by atoms with Crippen molar-refractivity contribution in [3.8, 4) is 11.4 Å². The zero-order chi connectivity index (χ0) is 15.5. The maximum atomic E-state index is 12.2. The number of carbonyl (C=O) groups excluding carboxylic acids is 1. The molecule has 2 aromatic carbocycles. The first-order valence-electron chi connectivity index (χ1n) is 6.55. The number of aryl methyl sites for hydroxylation is 1. The highest BCUT2D eigenvalue weighted by Gasteiger charge is 2.09. The van der Waals surface area contributed by atoms with Crippen molar-refractivity contribution in [3.05, 3.63) is 58.6 Å². The Kier molecular flexibility index (Phi) is 3.84. The van der Waals surface area contributed by atoms with Crippen molar-refractivity contribution in [1.29, 1.82) is 0 Å². The first-order valence-corrected chi connectivity index (χ1v) is 6.92. The van der Waals surface area contributed by atoms with Crippen LogP contribution in [-0.4, -0.2) is 26.5 Å². The first kappa shape index (κ1) is 14.2. The Morgan fingerprint density at radius 2 is 1.95 bits per heavy atom. The van der Waals surface area contributed by atoms with E-state index < -0.39 is 0 Å². The van der Waals surface area contributed by atoms with E-state index in [-0.39, 0.29) is 5.91 Å². The van der Waals surface area contributed by atoms with Gasteiger partial charge in [0, 0.05) is 21.8 Å². The van der Waals surface area contributed by atoms with Crippen LogP contribution in [0.1, 0.15) is 15.9 Å². The Bertz CT molecular complexity index is 799. The number of tetrazole rings is 1. The molecule has 3 aromatic rings. The highest BCUT2D eigenvalue weighted by Crippen LogP contribution is 2.21. The van der Waals surface area contributed by atoms with Crippen LogP contribution in [0.15, 0.2) is 42.5 Å². The predicted molar refractivity (Wildman–Crippen MR) is 83.8 cm³/mol. The largest absolute Gasteiger partial charge is 0.322 e. The van der Waals surface area contributed by atoms with Crippen LogP contribution in [0.4, 0.5) is 5.69 Å². The monoisotopic (exact) mass is 313 g/mol. The minimum atomic E-state index is -0.209. The highest BCUT2D eigenvalue weighted by atomic mass is 35.5. The van der Waals surface area contributed by atoms with E-state index in [1.807, 2.05) is 19.1 Å². The second kappa shape index (κ2) is 5.95. The van der Waals surface area contributed by atoms with Gasteiger partial charge in [0.05, 0.1) is 0 Å². The second-order valence-corrected chi connectivity index (χ2v) is 5.14. The molecule has 7 heteroatoms. The van der Waals surface area contributed by atoms with Gasteiger partial charge in [0.25, 0.3) is 5.91 Å². The third-order valence-electron chi connectivity index (χ3n) is 3.18. The van der Waals surface area contributed by atoms with Gasteiger partial charge in [-0.1, -0.05) is 29.8 Å². The van der Waals surface area contributed by atoms with Gasteiger partial charge < -0.3 is 5.32 Å². The SMILES string of the molecule is Cc1ccc(NC(=O)c2ccc(-c3nn[nH]n3)cc2)cc1Cl. The van der Waals surface area contributed by atoms with Crippen molar-refractivity contribution in [2.75, 3.05) is 5.32 Å². The number of nitrogens with one attached hydrogen (secondary N) is 2. The van der Waals surface area contributed by atoms with Crippen LogP contribution in [-0.2, 0) is 0 Å². The van der Waals surface area contributed by atoms with E-state index >= 15 is 0 Å². The fraction of sp³-hybridized carbons (Fsp3) is 0.0667. The van der Waals surface area contributed by atoms with Gasteiger partial charge in [0.15, 0.2) is 0 Å². The van der Waals surface area contributed by atoms with Gasteiger partial charge in [-0.3, -0.25) is 4.79 Å². The number of benzene rings is 2. The number of anilines is 1. The van der Waals surface area contributed by atoms with Crippen molar-refractivity contribution in [3.63, 3.8) is 0 Å². The molecule has 3 rings (SSSR count). The molecule has 0 saturated heterocycles. The van der Waals surface area contributed by atoms with Crippen molar-refractivity contribution < 1.29 is 4.79 Å². The number of halogens is 1. The molecule has 0 aliphatic rings. The van der Waals surface area contributed by atoms with Crippen LogP contribution in [0.25, 0.3) is 11.4 Å². The molecule has 22 heavy (non-hydrogen) atoms. The molecule has 2 N–H and O–H groups in total. The summed E-state index contributed by atoms with van der Waals surface area (Å²) in [4.78, 5) is 12.2. The lowest BCUT2D eigenvalue weighted by atomic mass is 10.1. The highest BCUT2D eigenvalue weighted by molar-refractivity contribution is 6.31. The Labute approximate surface area is 131 Å². The van der Waals surface area contributed by atoms with Crippen molar-refractivity contribution >= 4 is 23.2 Å². The maximum absolute atomic E-state index is 12.2. The zero-order valence-corrected chi connectivity index (χ0v) is 12.4. The number of nitrogens with zero attached hydrogens (tertiary/aromatic N) is 3. The number of hydrogen-bond donors (Lipinski definition) is 2. The number of aromatic nitrogens is 4. The van der Waals surface area contributed by atoms with Crippen LogP contribution < -0.4 is 5.32 Å². The molecule has 0 fully saturated rings. The minimum Gasteiger partial charge on any atom is -0.322 e. The molecule has 0 radical (unpaired) electrons. The summed E-state index contributed by atoms with van der Waals surface area (Å²) in [6, 6.07) is 12.3. The summed E-state index contributed by atoms with van der Waals surface area (Å²) in [5, 5.41) is 17.1. The Hall–Kier alpha value is -2.73. The molecule has 0 bridgehead atoms. The molecule has 0 atom stereocenters. The summed E-state index contributed by atoms with van der Waals surface area (Å²) < 4.78 is 0. The van der Waals surface area contributed by atoms with Crippen molar-refractivity contribution in [2.45, 2.75) is 6.92 Å². The van der Waals surface area contributed by atoms with Crippen molar-refractivity contribution in [2.24, 2.45) is 0 Å². The molecule has 1 heterocycles. The third-order valence-corrected chi connectivity index (χ3v) is 3.59. The lowest BCUT2D eigenvalue weighted by molar-refractivity contribution is 0.102. The van der Waals surface area contributed by atoms with Gasteiger partial charge >= 0.3 is 0 Å². The van der Waals surface area contributed by atoms with Crippen LogP contribution in [0.3, 0.4) is 0 Å². The van der Waals surface area contributed by atoms with E-state index in [2.05, 4.69) is 25.9 Å². The molecule has 1 amide bonds. The predicted octanol–water partition coefficient (Wildman–Crippen LogP) is 3.08. The normalized spacial score (nSPS) is 10.5.